The highest BCUT2D eigenvalue weighted by molar-refractivity contribution is 7.92. The summed E-state index contributed by atoms with van der Waals surface area (Å²) in [6.45, 7) is 0. The van der Waals surface area contributed by atoms with Crippen LogP contribution in [0.5, 0.6) is 5.75 Å². The van der Waals surface area contributed by atoms with Gasteiger partial charge in [0.05, 0.1) is 17.7 Å². The minimum atomic E-state index is -3.74. The third kappa shape index (κ3) is 4.27. The number of sulfone groups is 1. The summed E-state index contributed by atoms with van der Waals surface area (Å²) >= 11 is 1.25. The number of aromatic nitrogens is 1. The molecule has 134 valence electrons. The first-order chi connectivity index (χ1) is 12.5. The summed E-state index contributed by atoms with van der Waals surface area (Å²) in [7, 11) is -2.25. The molecule has 0 radical (unpaired) electrons. The van der Waals surface area contributed by atoms with Crippen LogP contribution in [0.1, 0.15) is 0 Å². The maximum Gasteiger partial charge on any atom is 0.241 e. The summed E-state index contributed by atoms with van der Waals surface area (Å²) in [5.74, 6) is -0.737. The van der Waals surface area contributed by atoms with E-state index in [1.165, 1.54) is 42.7 Å². The summed E-state index contributed by atoms with van der Waals surface area (Å²) in [6, 6.07) is 15.4. The van der Waals surface area contributed by atoms with Gasteiger partial charge in [-0.3, -0.25) is 4.79 Å². The van der Waals surface area contributed by atoms with Gasteiger partial charge >= 0.3 is 0 Å². The fraction of sp³-hybridized carbons (Fsp3) is 0.111. The summed E-state index contributed by atoms with van der Waals surface area (Å²) in [6.07, 6.45) is 0. The van der Waals surface area contributed by atoms with Gasteiger partial charge in [0.2, 0.25) is 5.91 Å². The molecule has 1 amide bonds. The maximum absolute atomic E-state index is 12.3. The molecule has 0 saturated carbocycles. The predicted octanol–water partition coefficient (Wildman–Crippen LogP) is 3.23. The number of thiazole rings is 1. The molecule has 0 atom stereocenters. The van der Waals surface area contributed by atoms with Gasteiger partial charge in [-0.2, -0.15) is 0 Å². The van der Waals surface area contributed by atoms with E-state index >= 15 is 0 Å². The van der Waals surface area contributed by atoms with Crippen molar-refractivity contribution in [3.05, 3.63) is 60.0 Å². The Morgan fingerprint density at radius 3 is 2.46 bits per heavy atom. The topological polar surface area (TPSA) is 85.4 Å². The summed E-state index contributed by atoms with van der Waals surface area (Å²) in [4.78, 5) is 16.5. The molecule has 1 N–H and O–H groups in total. The summed E-state index contributed by atoms with van der Waals surface area (Å²) < 4.78 is 29.7. The SMILES string of the molecule is COc1ccc(S(=O)(=O)CC(=O)Nc2nc(-c3ccccc3)cs2)cc1. The Kier molecular flexibility index (Phi) is 5.34. The van der Waals surface area contributed by atoms with Gasteiger partial charge in [-0.05, 0) is 24.3 Å². The first kappa shape index (κ1) is 18.1. The van der Waals surface area contributed by atoms with Crippen molar-refractivity contribution >= 4 is 32.2 Å². The van der Waals surface area contributed by atoms with Gasteiger partial charge in [0.15, 0.2) is 15.0 Å². The number of hydrogen-bond donors (Lipinski definition) is 1. The van der Waals surface area contributed by atoms with E-state index in [0.717, 1.165) is 11.3 Å². The minimum absolute atomic E-state index is 0.0672. The Morgan fingerprint density at radius 2 is 1.81 bits per heavy atom. The van der Waals surface area contributed by atoms with Crippen LogP contribution in [-0.2, 0) is 14.6 Å². The molecule has 3 aromatic rings. The maximum atomic E-state index is 12.3. The van der Waals surface area contributed by atoms with E-state index in [1.807, 2.05) is 35.7 Å². The number of ether oxygens (including phenoxy) is 1. The number of nitrogens with zero attached hydrogens (tertiary/aromatic N) is 1. The molecule has 0 unspecified atom stereocenters. The van der Waals surface area contributed by atoms with Crippen molar-refractivity contribution in [2.75, 3.05) is 18.2 Å². The average Bonchev–Trinajstić information content (AvgIpc) is 3.10. The highest BCUT2D eigenvalue weighted by Gasteiger charge is 2.20. The Bertz CT molecular complexity index is 997. The standard InChI is InChI=1S/C18H16N2O4S2/c1-24-14-7-9-15(10-8-14)26(22,23)12-17(21)20-18-19-16(11-25-18)13-5-3-2-4-6-13/h2-11H,12H2,1H3,(H,19,20,21). The number of carbonyl (C=O) groups excluding carboxylic acids is 1. The molecule has 0 aliphatic rings. The van der Waals surface area contributed by atoms with Crippen molar-refractivity contribution < 1.29 is 17.9 Å². The molecule has 0 aliphatic carbocycles. The molecule has 3 rings (SSSR count). The van der Waals surface area contributed by atoms with E-state index in [2.05, 4.69) is 10.3 Å². The molecular formula is C18H16N2O4S2. The fourth-order valence-electron chi connectivity index (χ4n) is 2.27. The van der Waals surface area contributed by atoms with Crippen molar-refractivity contribution in [1.29, 1.82) is 0 Å². The van der Waals surface area contributed by atoms with Gasteiger partial charge in [0.25, 0.3) is 0 Å². The molecule has 0 bridgehead atoms. The number of nitrogens with one attached hydrogen (secondary N) is 1. The van der Waals surface area contributed by atoms with Gasteiger partial charge in [-0.15, -0.1) is 11.3 Å². The van der Waals surface area contributed by atoms with Gasteiger partial charge in [-0.25, -0.2) is 13.4 Å². The molecule has 0 aliphatic heterocycles. The number of amides is 1. The average molecular weight is 388 g/mol. The molecule has 0 spiro atoms. The van der Waals surface area contributed by atoms with Crippen LogP contribution in [0.25, 0.3) is 11.3 Å². The van der Waals surface area contributed by atoms with Gasteiger partial charge in [0.1, 0.15) is 11.5 Å². The molecule has 26 heavy (non-hydrogen) atoms. The Balaban J connectivity index is 1.67. The normalized spacial score (nSPS) is 11.1. The molecule has 1 aromatic heterocycles. The monoisotopic (exact) mass is 388 g/mol. The summed E-state index contributed by atoms with van der Waals surface area (Å²) in [5, 5.41) is 4.71. The molecule has 0 fully saturated rings. The highest BCUT2D eigenvalue weighted by atomic mass is 32.2. The van der Waals surface area contributed by atoms with E-state index < -0.39 is 21.5 Å². The first-order valence-electron chi connectivity index (χ1n) is 7.65. The number of carbonyl (C=O) groups is 1. The lowest BCUT2D eigenvalue weighted by molar-refractivity contribution is -0.113. The van der Waals surface area contributed by atoms with Crippen LogP contribution in [0, 0.1) is 0 Å². The zero-order chi connectivity index (χ0) is 18.6. The van der Waals surface area contributed by atoms with Crippen LogP contribution in [0.15, 0.2) is 64.9 Å². The number of hydrogen-bond acceptors (Lipinski definition) is 6. The van der Waals surface area contributed by atoms with Crippen LogP contribution in [0.2, 0.25) is 0 Å². The Hall–Kier alpha value is -2.71. The van der Waals surface area contributed by atoms with Crippen molar-refractivity contribution in [2.24, 2.45) is 0 Å². The first-order valence-corrected chi connectivity index (χ1v) is 10.2. The number of anilines is 1. The van der Waals surface area contributed by atoms with E-state index in [4.69, 9.17) is 4.74 Å². The smallest absolute Gasteiger partial charge is 0.241 e. The molecule has 1 heterocycles. The molecular weight excluding hydrogens is 372 g/mol. The molecule has 2 aromatic carbocycles. The van der Waals surface area contributed by atoms with Crippen LogP contribution in [0.4, 0.5) is 5.13 Å². The Labute approximate surface area is 155 Å². The van der Waals surface area contributed by atoms with Gasteiger partial charge in [0, 0.05) is 10.9 Å². The van der Waals surface area contributed by atoms with E-state index in [-0.39, 0.29) is 4.90 Å². The zero-order valence-electron chi connectivity index (χ0n) is 13.9. The zero-order valence-corrected chi connectivity index (χ0v) is 15.5. The van der Waals surface area contributed by atoms with E-state index in [0.29, 0.717) is 10.9 Å². The lowest BCUT2D eigenvalue weighted by Crippen LogP contribution is -2.22. The van der Waals surface area contributed by atoms with Crippen LogP contribution in [0.3, 0.4) is 0 Å². The Morgan fingerprint density at radius 1 is 1.12 bits per heavy atom. The largest absolute Gasteiger partial charge is 0.497 e. The second-order valence-corrected chi connectivity index (χ2v) is 8.23. The predicted molar refractivity (Wildman–Crippen MR) is 101 cm³/mol. The fourth-order valence-corrected chi connectivity index (χ4v) is 4.14. The van der Waals surface area contributed by atoms with Crippen LogP contribution in [-0.4, -0.2) is 32.2 Å². The third-order valence-electron chi connectivity index (χ3n) is 3.56. The highest BCUT2D eigenvalue weighted by Crippen LogP contribution is 2.24. The van der Waals surface area contributed by atoms with Crippen LogP contribution < -0.4 is 10.1 Å². The number of benzene rings is 2. The van der Waals surface area contributed by atoms with Crippen molar-refractivity contribution in [3.63, 3.8) is 0 Å². The second kappa shape index (κ2) is 7.67. The molecule has 6 nitrogen and oxygen atoms in total. The van der Waals surface area contributed by atoms with Crippen molar-refractivity contribution in [2.45, 2.75) is 4.90 Å². The third-order valence-corrected chi connectivity index (χ3v) is 5.95. The van der Waals surface area contributed by atoms with Gasteiger partial charge < -0.3 is 10.1 Å². The van der Waals surface area contributed by atoms with Crippen molar-refractivity contribution in [1.82, 2.24) is 4.98 Å². The minimum Gasteiger partial charge on any atom is -0.497 e. The molecule has 0 saturated heterocycles. The lowest BCUT2D eigenvalue weighted by atomic mass is 10.2. The van der Waals surface area contributed by atoms with Crippen molar-refractivity contribution in [3.8, 4) is 17.0 Å². The lowest BCUT2D eigenvalue weighted by Gasteiger charge is -2.05. The second-order valence-electron chi connectivity index (χ2n) is 5.39. The van der Waals surface area contributed by atoms with Crippen LogP contribution >= 0.6 is 11.3 Å². The summed E-state index contributed by atoms with van der Waals surface area (Å²) in [5.41, 5.74) is 1.65. The van der Waals surface area contributed by atoms with Gasteiger partial charge in [-0.1, -0.05) is 30.3 Å². The molecule has 8 heteroatoms. The number of methoxy groups -OCH3 is 1. The van der Waals surface area contributed by atoms with E-state index in [1.54, 1.807) is 0 Å². The quantitative estimate of drug-likeness (QED) is 0.701. The number of rotatable bonds is 6. The van der Waals surface area contributed by atoms with E-state index in [9.17, 15) is 13.2 Å².